The molecule has 0 saturated heterocycles. The minimum Gasteiger partial charge on any atom is -0.508 e. The SMILES string of the molecule is Cc1c(O)cccc1C(C)(C)C. The summed E-state index contributed by atoms with van der Waals surface area (Å²) in [7, 11) is 0. The Morgan fingerprint density at radius 2 is 1.75 bits per heavy atom. The first-order chi connectivity index (χ1) is 5.43. The largest absolute Gasteiger partial charge is 0.508 e. The van der Waals surface area contributed by atoms with Gasteiger partial charge in [0.1, 0.15) is 5.75 Å². The van der Waals surface area contributed by atoms with E-state index in [0.717, 1.165) is 5.56 Å². The monoisotopic (exact) mass is 164 g/mol. The van der Waals surface area contributed by atoms with Gasteiger partial charge in [0.25, 0.3) is 0 Å². The molecule has 0 aliphatic heterocycles. The Hall–Kier alpha value is -0.980. The van der Waals surface area contributed by atoms with Gasteiger partial charge in [-0.2, -0.15) is 0 Å². The number of hydrogen-bond donors (Lipinski definition) is 1. The molecule has 0 aliphatic rings. The number of hydrogen-bond acceptors (Lipinski definition) is 1. The minimum atomic E-state index is 0.114. The molecule has 0 saturated carbocycles. The van der Waals surface area contributed by atoms with E-state index in [-0.39, 0.29) is 5.41 Å². The average molecular weight is 164 g/mol. The molecular weight excluding hydrogens is 148 g/mol. The van der Waals surface area contributed by atoms with Crippen molar-refractivity contribution in [3.05, 3.63) is 29.3 Å². The second kappa shape index (κ2) is 2.81. The summed E-state index contributed by atoms with van der Waals surface area (Å²) in [6.07, 6.45) is 0. The number of phenolic OH excluding ortho intramolecular Hbond substituents is 1. The normalized spacial score (nSPS) is 11.7. The van der Waals surface area contributed by atoms with E-state index in [2.05, 4.69) is 26.8 Å². The van der Waals surface area contributed by atoms with Crippen molar-refractivity contribution in [2.45, 2.75) is 33.1 Å². The number of benzene rings is 1. The van der Waals surface area contributed by atoms with Crippen molar-refractivity contribution in [3.8, 4) is 5.75 Å². The molecule has 0 bridgehead atoms. The van der Waals surface area contributed by atoms with Gasteiger partial charge >= 0.3 is 0 Å². The zero-order valence-electron chi connectivity index (χ0n) is 8.18. The quantitative estimate of drug-likeness (QED) is 0.625. The van der Waals surface area contributed by atoms with Gasteiger partial charge < -0.3 is 5.11 Å². The minimum absolute atomic E-state index is 0.114. The molecule has 1 aromatic carbocycles. The van der Waals surface area contributed by atoms with Crippen LogP contribution in [-0.2, 0) is 5.41 Å². The first-order valence-corrected chi connectivity index (χ1v) is 4.22. The van der Waals surface area contributed by atoms with Crippen molar-refractivity contribution in [3.63, 3.8) is 0 Å². The van der Waals surface area contributed by atoms with Gasteiger partial charge in [-0.25, -0.2) is 0 Å². The summed E-state index contributed by atoms with van der Waals surface area (Å²) in [6, 6.07) is 5.68. The third-order valence-corrected chi connectivity index (χ3v) is 2.11. The van der Waals surface area contributed by atoms with E-state index in [9.17, 15) is 5.11 Å². The smallest absolute Gasteiger partial charge is 0.118 e. The predicted molar refractivity (Wildman–Crippen MR) is 51.5 cm³/mol. The molecule has 1 nitrogen and oxygen atoms in total. The Bertz CT molecular complexity index is 282. The van der Waals surface area contributed by atoms with E-state index in [0.29, 0.717) is 5.75 Å². The van der Waals surface area contributed by atoms with E-state index in [1.54, 1.807) is 6.07 Å². The second-order valence-electron chi connectivity index (χ2n) is 4.20. The molecule has 0 spiro atoms. The van der Waals surface area contributed by atoms with Crippen LogP contribution in [0.3, 0.4) is 0 Å². The van der Waals surface area contributed by atoms with Crippen LogP contribution >= 0.6 is 0 Å². The molecule has 12 heavy (non-hydrogen) atoms. The summed E-state index contributed by atoms with van der Waals surface area (Å²) < 4.78 is 0. The Morgan fingerprint density at radius 1 is 1.17 bits per heavy atom. The first kappa shape index (κ1) is 9.11. The van der Waals surface area contributed by atoms with Crippen LogP contribution in [0.5, 0.6) is 5.75 Å². The van der Waals surface area contributed by atoms with Crippen molar-refractivity contribution in [2.24, 2.45) is 0 Å². The van der Waals surface area contributed by atoms with Gasteiger partial charge in [-0.15, -0.1) is 0 Å². The van der Waals surface area contributed by atoms with Gasteiger partial charge in [0.05, 0.1) is 0 Å². The molecule has 0 unspecified atom stereocenters. The molecule has 0 heterocycles. The van der Waals surface area contributed by atoms with Crippen molar-refractivity contribution in [2.75, 3.05) is 0 Å². The molecule has 1 aromatic rings. The maximum atomic E-state index is 9.46. The molecule has 1 rings (SSSR count). The van der Waals surface area contributed by atoms with Crippen LogP contribution in [0.1, 0.15) is 31.9 Å². The lowest BCUT2D eigenvalue weighted by molar-refractivity contribution is 0.465. The summed E-state index contributed by atoms with van der Waals surface area (Å²) in [5.74, 6) is 0.391. The molecular formula is C11H16O. The standard InChI is InChI=1S/C11H16O/c1-8-9(11(2,3)4)6-5-7-10(8)12/h5-7,12H,1-4H3. The third kappa shape index (κ3) is 1.60. The molecule has 1 heteroatoms. The lowest BCUT2D eigenvalue weighted by Gasteiger charge is -2.21. The Balaban J connectivity index is 3.26. The fourth-order valence-electron chi connectivity index (χ4n) is 1.44. The van der Waals surface area contributed by atoms with Crippen LogP contribution < -0.4 is 0 Å². The van der Waals surface area contributed by atoms with Crippen LogP contribution in [0.15, 0.2) is 18.2 Å². The molecule has 1 N–H and O–H groups in total. The molecule has 0 radical (unpaired) electrons. The highest BCUT2D eigenvalue weighted by molar-refractivity contribution is 5.41. The van der Waals surface area contributed by atoms with Crippen molar-refractivity contribution in [1.29, 1.82) is 0 Å². The zero-order valence-corrected chi connectivity index (χ0v) is 8.18. The van der Waals surface area contributed by atoms with Crippen LogP contribution in [-0.4, -0.2) is 5.11 Å². The van der Waals surface area contributed by atoms with E-state index in [4.69, 9.17) is 0 Å². The molecule has 0 atom stereocenters. The summed E-state index contributed by atoms with van der Waals surface area (Å²) in [6.45, 7) is 8.40. The molecule has 0 aliphatic carbocycles. The van der Waals surface area contributed by atoms with Crippen LogP contribution in [0.2, 0.25) is 0 Å². The van der Waals surface area contributed by atoms with Crippen molar-refractivity contribution < 1.29 is 5.11 Å². The van der Waals surface area contributed by atoms with E-state index < -0.39 is 0 Å². The van der Waals surface area contributed by atoms with E-state index in [1.165, 1.54) is 5.56 Å². The highest BCUT2D eigenvalue weighted by Gasteiger charge is 2.16. The fraction of sp³-hybridized carbons (Fsp3) is 0.455. The lowest BCUT2D eigenvalue weighted by Crippen LogP contribution is -2.12. The average Bonchev–Trinajstić information content (AvgIpc) is 1.92. The summed E-state index contributed by atoms with van der Waals surface area (Å²) in [5, 5.41) is 9.46. The Labute approximate surface area is 74.1 Å². The maximum absolute atomic E-state index is 9.46. The number of rotatable bonds is 0. The van der Waals surface area contributed by atoms with Crippen LogP contribution in [0.4, 0.5) is 0 Å². The van der Waals surface area contributed by atoms with E-state index in [1.807, 2.05) is 13.0 Å². The van der Waals surface area contributed by atoms with Gasteiger partial charge in [0.2, 0.25) is 0 Å². The van der Waals surface area contributed by atoms with Crippen molar-refractivity contribution >= 4 is 0 Å². The lowest BCUT2D eigenvalue weighted by atomic mass is 9.84. The van der Waals surface area contributed by atoms with Gasteiger partial charge in [0.15, 0.2) is 0 Å². The van der Waals surface area contributed by atoms with Gasteiger partial charge in [-0.1, -0.05) is 32.9 Å². The number of aromatic hydroxyl groups is 1. The first-order valence-electron chi connectivity index (χ1n) is 4.22. The molecule has 0 amide bonds. The van der Waals surface area contributed by atoms with Gasteiger partial charge in [0, 0.05) is 0 Å². The van der Waals surface area contributed by atoms with Gasteiger partial charge in [-0.05, 0) is 29.5 Å². The highest BCUT2D eigenvalue weighted by atomic mass is 16.3. The predicted octanol–water partition coefficient (Wildman–Crippen LogP) is 3.00. The number of phenols is 1. The van der Waals surface area contributed by atoms with Crippen LogP contribution in [0.25, 0.3) is 0 Å². The fourth-order valence-corrected chi connectivity index (χ4v) is 1.44. The Morgan fingerprint density at radius 3 is 2.17 bits per heavy atom. The third-order valence-electron chi connectivity index (χ3n) is 2.11. The molecule has 0 fully saturated rings. The molecule has 0 aromatic heterocycles. The highest BCUT2D eigenvalue weighted by Crippen LogP contribution is 2.29. The maximum Gasteiger partial charge on any atom is 0.118 e. The van der Waals surface area contributed by atoms with Gasteiger partial charge in [-0.3, -0.25) is 0 Å². The zero-order chi connectivity index (χ0) is 9.35. The molecule has 66 valence electrons. The van der Waals surface area contributed by atoms with E-state index >= 15 is 0 Å². The Kier molecular flexibility index (Phi) is 2.14. The second-order valence-corrected chi connectivity index (χ2v) is 4.20. The summed E-state index contributed by atoms with van der Waals surface area (Å²) in [5.41, 5.74) is 2.32. The van der Waals surface area contributed by atoms with Crippen LogP contribution in [0, 0.1) is 6.92 Å². The summed E-state index contributed by atoms with van der Waals surface area (Å²) >= 11 is 0. The van der Waals surface area contributed by atoms with Crippen molar-refractivity contribution in [1.82, 2.24) is 0 Å². The summed E-state index contributed by atoms with van der Waals surface area (Å²) in [4.78, 5) is 0. The topological polar surface area (TPSA) is 20.2 Å².